The fourth-order valence-electron chi connectivity index (χ4n) is 3.55. The molecule has 4 rings (SSSR count). The SMILES string of the molecule is COc1cc(Nc2ncc(OCc3c(F)c(F)cc(F)c3F)cn2)ccc1N1CCN(C)CC1. The molecule has 180 valence electrons. The molecule has 0 amide bonds. The van der Waals surface area contributed by atoms with Crippen LogP contribution in [0, 0.1) is 23.3 Å². The molecule has 0 unspecified atom stereocenters. The molecule has 1 fully saturated rings. The number of piperazine rings is 1. The minimum Gasteiger partial charge on any atom is -0.495 e. The molecule has 7 nitrogen and oxygen atoms in total. The molecule has 0 bridgehead atoms. The van der Waals surface area contributed by atoms with Gasteiger partial charge >= 0.3 is 0 Å². The number of rotatable bonds is 7. The molecule has 34 heavy (non-hydrogen) atoms. The maximum absolute atomic E-state index is 13.8. The summed E-state index contributed by atoms with van der Waals surface area (Å²) >= 11 is 0. The van der Waals surface area contributed by atoms with Crippen molar-refractivity contribution in [3.63, 3.8) is 0 Å². The van der Waals surface area contributed by atoms with Crippen molar-refractivity contribution in [3.8, 4) is 11.5 Å². The lowest BCUT2D eigenvalue weighted by molar-refractivity contribution is 0.283. The van der Waals surface area contributed by atoms with Gasteiger partial charge in [0.25, 0.3) is 0 Å². The van der Waals surface area contributed by atoms with Crippen molar-refractivity contribution < 1.29 is 27.0 Å². The summed E-state index contributed by atoms with van der Waals surface area (Å²) in [7, 11) is 3.70. The third kappa shape index (κ3) is 5.14. The van der Waals surface area contributed by atoms with Crippen molar-refractivity contribution in [1.29, 1.82) is 0 Å². The van der Waals surface area contributed by atoms with Crippen molar-refractivity contribution in [2.24, 2.45) is 0 Å². The molecule has 0 spiro atoms. The Balaban J connectivity index is 1.41. The number of methoxy groups -OCH3 is 1. The van der Waals surface area contributed by atoms with E-state index in [0.29, 0.717) is 11.4 Å². The van der Waals surface area contributed by atoms with Crippen LogP contribution in [0.25, 0.3) is 0 Å². The van der Waals surface area contributed by atoms with Crippen molar-refractivity contribution in [1.82, 2.24) is 14.9 Å². The maximum Gasteiger partial charge on any atom is 0.227 e. The number of nitrogens with one attached hydrogen (secondary N) is 1. The molecule has 0 aliphatic carbocycles. The van der Waals surface area contributed by atoms with Gasteiger partial charge < -0.3 is 24.6 Å². The molecule has 1 N–H and O–H groups in total. The van der Waals surface area contributed by atoms with Crippen molar-refractivity contribution in [2.45, 2.75) is 6.61 Å². The Labute approximate surface area is 193 Å². The number of aromatic nitrogens is 2. The first kappa shape index (κ1) is 23.6. The van der Waals surface area contributed by atoms with E-state index in [4.69, 9.17) is 9.47 Å². The molecule has 3 aromatic rings. The fourth-order valence-corrected chi connectivity index (χ4v) is 3.55. The standard InChI is InChI=1S/C23H23F4N5O2/c1-31-5-7-32(8-6-31)19-4-3-14(9-20(19)33-2)30-23-28-11-15(12-29-23)34-13-16-21(26)17(24)10-18(25)22(16)27/h3-4,9-12H,5-8,13H2,1-2H3,(H,28,29,30). The Morgan fingerprint density at radius 3 is 2.21 bits per heavy atom. The van der Waals surface area contributed by atoms with Crippen LogP contribution in [-0.4, -0.2) is 55.2 Å². The summed E-state index contributed by atoms with van der Waals surface area (Å²) in [5.74, 6) is -4.99. The van der Waals surface area contributed by atoms with Crippen LogP contribution in [0.15, 0.2) is 36.7 Å². The van der Waals surface area contributed by atoms with Gasteiger partial charge in [-0.05, 0) is 19.2 Å². The Morgan fingerprint density at radius 2 is 1.59 bits per heavy atom. The Hall–Kier alpha value is -3.60. The van der Waals surface area contributed by atoms with Gasteiger partial charge in [-0.2, -0.15) is 0 Å². The van der Waals surface area contributed by atoms with Gasteiger partial charge in [0.2, 0.25) is 5.95 Å². The molecule has 1 aromatic heterocycles. The van der Waals surface area contributed by atoms with Crippen LogP contribution >= 0.6 is 0 Å². The van der Waals surface area contributed by atoms with E-state index in [9.17, 15) is 17.6 Å². The summed E-state index contributed by atoms with van der Waals surface area (Å²) < 4.78 is 64.9. The molecule has 1 aliphatic rings. The van der Waals surface area contributed by atoms with Gasteiger partial charge in [-0.1, -0.05) is 0 Å². The van der Waals surface area contributed by atoms with Gasteiger partial charge in [-0.3, -0.25) is 0 Å². The van der Waals surface area contributed by atoms with Gasteiger partial charge in [0.15, 0.2) is 29.0 Å². The minimum absolute atomic E-state index is 0.0667. The van der Waals surface area contributed by atoms with E-state index in [1.54, 1.807) is 7.11 Å². The van der Waals surface area contributed by atoms with Gasteiger partial charge in [0.05, 0.1) is 30.8 Å². The summed E-state index contributed by atoms with van der Waals surface area (Å²) in [6, 6.07) is 5.83. The highest BCUT2D eigenvalue weighted by molar-refractivity contribution is 5.67. The highest BCUT2D eigenvalue weighted by Gasteiger charge is 2.20. The second-order valence-electron chi connectivity index (χ2n) is 7.78. The lowest BCUT2D eigenvalue weighted by Crippen LogP contribution is -2.44. The number of ether oxygens (including phenoxy) is 2. The quantitative estimate of drug-likeness (QED) is 0.406. The zero-order chi connectivity index (χ0) is 24.2. The number of halogens is 4. The number of nitrogens with zero attached hydrogens (tertiary/aromatic N) is 4. The average Bonchev–Trinajstić information content (AvgIpc) is 2.84. The second kappa shape index (κ2) is 10.1. The lowest BCUT2D eigenvalue weighted by Gasteiger charge is -2.34. The Morgan fingerprint density at radius 1 is 0.941 bits per heavy atom. The molecule has 2 heterocycles. The molecule has 0 radical (unpaired) electrons. The number of anilines is 3. The maximum atomic E-state index is 13.8. The predicted octanol–water partition coefficient (Wildman–Crippen LogP) is 4.12. The molecule has 1 aliphatic heterocycles. The first-order valence-electron chi connectivity index (χ1n) is 10.5. The van der Waals surface area contributed by atoms with Crippen LogP contribution in [0.3, 0.4) is 0 Å². The van der Waals surface area contributed by atoms with Crippen LogP contribution in [-0.2, 0) is 6.61 Å². The number of benzene rings is 2. The van der Waals surface area contributed by atoms with Gasteiger partial charge in [-0.25, -0.2) is 27.5 Å². The molecule has 0 atom stereocenters. The van der Waals surface area contributed by atoms with Gasteiger partial charge in [-0.15, -0.1) is 0 Å². The molecule has 2 aromatic carbocycles. The molecular formula is C23H23F4N5O2. The molecule has 11 heteroatoms. The first-order valence-corrected chi connectivity index (χ1v) is 10.5. The monoisotopic (exact) mass is 477 g/mol. The fraction of sp³-hybridized carbons (Fsp3) is 0.304. The van der Waals surface area contributed by atoms with E-state index >= 15 is 0 Å². The number of hydrogen-bond donors (Lipinski definition) is 1. The van der Waals surface area contributed by atoms with Crippen molar-refractivity contribution >= 4 is 17.3 Å². The van der Waals surface area contributed by atoms with Crippen molar-refractivity contribution in [3.05, 3.63) is 65.5 Å². The summed E-state index contributed by atoms with van der Waals surface area (Å²) in [6.45, 7) is 3.02. The normalized spacial score (nSPS) is 14.2. The van der Waals surface area contributed by atoms with E-state index < -0.39 is 35.4 Å². The largest absolute Gasteiger partial charge is 0.495 e. The molecular weight excluding hydrogens is 454 g/mol. The van der Waals surface area contributed by atoms with Gasteiger partial charge in [0.1, 0.15) is 12.4 Å². The minimum atomic E-state index is -1.51. The van der Waals surface area contributed by atoms with E-state index in [-0.39, 0.29) is 17.8 Å². The summed E-state index contributed by atoms with van der Waals surface area (Å²) in [6.07, 6.45) is 2.55. The van der Waals surface area contributed by atoms with E-state index in [0.717, 1.165) is 31.9 Å². The predicted molar refractivity (Wildman–Crippen MR) is 119 cm³/mol. The highest BCUT2D eigenvalue weighted by Crippen LogP contribution is 2.32. The second-order valence-corrected chi connectivity index (χ2v) is 7.78. The lowest BCUT2D eigenvalue weighted by atomic mass is 10.2. The van der Waals surface area contributed by atoms with E-state index in [1.807, 2.05) is 18.2 Å². The topological polar surface area (TPSA) is 62.8 Å². The Bertz CT molecular complexity index is 1130. The summed E-state index contributed by atoms with van der Waals surface area (Å²) in [5, 5.41) is 3.05. The van der Waals surface area contributed by atoms with Crippen LogP contribution in [0.4, 0.5) is 34.9 Å². The third-order valence-electron chi connectivity index (χ3n) is 5.49. The van der Waals surface area contributed by atoms with Gasteiger partial charge in [0, 0.05) is 44.0 Å². The number of likely N-dealkylation sites (N-methyl/N-ethyl adjacent to an activating group) is 1. The first-order chi connectivity index (χ1) is 16.4. The van der Waals surface area contributed by atoms with E-state index in [1.165, 1.54) is 12.4 Å². The average molecular weight is 477 g/mol. The summed E-state index contributed by atoms with van der Waals surface area (Å²) in [5.41, 5.74) is 0.842. The Kier molecular flexibility index (Phi) is 7.01. The van der Waals surface area contributed by atoms with Crippen LogP contribution in [0.2, 0.25) is 0 Å². The third-order valence-corrected chi connectivity index (χ3v) is 5.49. The zero-order valence-corrected chi connectivity index (χ0v) is 18.6. The summed E-state index contributed by atoms with van der Waals surface area (Å²) in [4.78, 5) is 12.7. The molecule has 1 saturated heterocycles. The van der Waals surface area contributed by atoms with E-state index in [2.05, 4.69) is 32.1 Å². The smallest absolute Gasteiger partial charge is 0.227 e. The van der Waals surface area contributed by atoms with Crippen LogP contribution in [0.5, 0.6) is 11.5 Å². The molecule has 0 saturated carbocycles. The zero-order valence-electron chi connectivity index (χ0n) is 18.6. The highest BCUT2D eigenvalue weighted by atomic mass is 19.2. The van der Waals surface area contributed by atoms with Crippen molar-refractivity contribution in [2.75, 3.05) is 50.6 Å². The van der Waals surface area contributed by atoms with Crippen LogP contribution < -0.4 is 19.7 Å². The van der Waals surface area contributed by atoms with Crippen LogP contribution in [0.1, 0.15) is 5.56 Å². The number of hydrogen-bond acceptors (Lipinski definition) is 7.